The van der Waals surface area contributed by atoms with Crippen LogP contribution in [0.3, 0.4) is 0 Å². The van der Waals surface area contributed by atoms with E-state index in [0.717, 1.165) is 21.8 Å². The molecule has 0 radical (unpaired) electrons. The minimum Gasteiger partial charge on any atom is -0.355 e. The highest BCUT2D eigenvalue weighted by Gasteiger charge is 2.01. The number of aromatic nitrogens is 1. The summed E-state index contributed by atoms with van der Waals surface area (Å²) in [6, 6.07) is 0. The van der Waals surface area contributed by atoms with Crippen LogP contribution in [0.1, 0.15) is 18.2 Å². The molecule has 1 heterocycles. The number of allylic oxidation sites excluding steroid dienone is 4. The highest BCUT2D eigenvalue weighted by molar-refractivity contribution is 5.66. The quantitative estimate of drug-likeness (QED) is 0.764. The minimum absolute atomic E-state index is 0.483. The van der Waals surface area contributed by atoms with Crippen LogP contribution < -0.4 is 10.6 Å². The zero-order chi connectivity index (χ0) is 12.8. The molecule has 0 aliphatic heterocycles. The third-order valence-electron chi connectivity index (χ3n) is 2.28. The average molecular weight is 229 g/mol. The smallest absolute Gasteiger partial charge is 0.116 e. The fourth-order valence-electron chi connectivity index (χ4n) is 1.50. The van der Waals surface area contributed by atoms with Crippen molar-refractivity contribution in [3.63, 3.8) is 0 Å². The zero-order valence-electron chi connectivity index (χ0n) is 9.96. The molecule has 1 nitrogen and oxygen atoms in total. The summed E-state index contributed by atoms with van der Waals surface area (Å²) in [7, 11) is 0. The Balaban J connectivity index is 3.48. The Morgan fingerprint density at radius 1 is 1.41 bits per heavy atom. The molecule has 1 N–H and O–H groups in total. The lowest BCUT2D eigenvalue weighted by molar-refractivity contribution is 0.672. The number of aromatic amines is 1. The molecular weight excluding hydrogens is 213 g/mol. The molecule has 1 aromatic rings. The van der Waals surface area contributed by atoms with Gasteiger partial charge in [0.1, 0.15) is 5.83 Å². The van der Waals surface area contributed by atoms with E-state index in [4.69, 9.17) is 0 Å². The minimum atomic E-state index is -0.483. The summed E-state index contributed by atoms with van der Waals surface area (Å²) in [5.74, 6) is -0.483. The van der Waals surface area contributed by atoms with Crippen molar-refractivity contribution in [1.29, 1.82) is 0 Å². The van der Waals surface area contributed by atoms with Gasteiger partial charge in [-0.15, -0.1) is 0 Å². The van der Waals surface area contributed by atoms with E-state index >= 15 is 0 Å². The van der Waals surface area contributed by atoms with Crippen LogP contribution in [0.4, 0.5) is 4.39 Å². The van der Waals surface area contributed by atoms with Crippen LogP contribution in [0.25, 0.3) is 24.8 Å². The van der Waals surface area contributed by atoms with Gasteiger partial charge < -0.3 is 4.98 Å². The highest BCUT2D eigenvalue weighted by atomic mass is 19.1. The van der Waals surface area contributed by atoms with E-state index in [2.05, 4.69) is 24.7 Å². The molecular formula is C15H16FN. The van der Waals surface area contributed by atoms with E-state index in [9.17, 15) is 4.39 Å². The molecule has 0 amide bonds. The van der Waals surface area contributed by atoms with Gasteiger partial charge in [0.25, 0.3) is 0 Å². The van der Waals surface area contributed by atoms with Crippen LogP contribution in [0.2, 0.25) is 0 Å². The van der Waals surface area contributed by atoms with E-state index in [1.165, 1.54) is 6.08 Å². The van der Waals surface area contributed by atoms with Crippen molar-refractivity contribution in [2.24, 2.45) is 0 Å². The standard InChI is InChI=1S/C15H16FN/c1-5-7-8-13-12(4)17-15(6-2)14(13)10-9-11(3)16/h5-10,17H,2-4H2,1H3/b7-5-,10-9-,13-8+. The predicted molar refractivity (Wildman–Crippen MR) is 74.2 cm³/mol. The van der Waals surface area contributed by atoms with Crippen LogP contribution in [-0.2, 0) is 0 Å². The molecule has 1 rings (SSSR count). The molecule has 88 valence electrons. The van der Waals surface area contributed by atoms with Gasteiger partial charge in [-0.1, -0.05) is 38.0 Å². The molecule has 17 heavy (non-hydrogen) atoms. The van der Waals surface area contributed by atoms with Crippen LogP contribution in [0.5, 0.6) is 0 Å². The number of H-pyrrole nitrogens is 1. The Kier molecular flexibility index (Phi) is 4.46. The highest BCUT2D eigenvalue weighted by Crippen LogP contribution is 2.06. The van der Waals surface area contributed by atoms with Gasteiger partial charge >= 0.3 is 0 Å². The molecule has 0 fully saturated rings. The summed E-state index contributed by atoms with van der Waals surface area (Å²) in [5, 5.41) is 1.71. The van der Waals surface area contributed by atoms with Crippen molar-refractivity contribution < 1.29 is 4.39 Å². The van der Waals surface area contributed by atoms with Crippen LogP contribution >= 0.6 is 0 Å². The summed E-state index contributed by atoms with van der Waals surface area (Å²) in [5.41, 5.74) is 1.69. The van der Waals surface area contributed by atoms with Gasteiger partial charge in [0.05, 0.1) is 0 Å². The molecule has 0 unspecified atom stereocenters. The van der Waals surface area contributed by atoms with Gasteiger partial charge in [0.15, 0.2) is 0 Å². The summed E-state index contributed by atoms with van der Waals surface area (Å²) in [6.07, 6.45) is 10.4. The Bertz CT molecular complexity index is 585. The molecule has 0 saturated carbocycles. The lowest BCUT2D eigenvalue weighted by atomic mass is 10.1. The van der Waals surface area contributed by atoms with E-state index < -0.39 is 5.83 Å². The number of halogens is 1. The van der Waals surface area contributed by atoms with Crippen LogP contribution in [0, 0.1) is 0 Å². The molecule has 0 aliphatic carbocycles. The second-order valence-corrected chi connectivity index (χ2v) is 3.52. The molecule has 0 saturated heterocycles. The van der Waals surface area contributed by atoms with Crippen LogP contribution in [-0.4, -0.2) is 4.98 Å². The van der Waals surface area contributed by atoms with Crippen molar-refractivity contribution >= 4 is 24.8 Å². The molecule has 0 aromatic carbocycles. The van der Waals surface area contributed by atoms with E-state index in [0.29, 0.717) is 0 Å². The average Bonchev–Trinajstić information content (AvgIpc) is 2.59. The fourth-order valence-corrected chi connectivity index (χ4v) is 1.50. The van der Waals surface area contributed by atoms with E-state index in [1.54, 1.807) is 12.2 Å². The molecule has 0 aliphatic rings. The molecule has 2 heteroatoms. The normalized spacial score (nSPS) is 12.7. The monoisotopic (exact) mass is 229 g/mol. The summed E-state index contributed by atoms with van der Waals surface area (Å²) < 4.78 is 12.7. The lowest BCUT2D eigenvalue weighted by Crippen LogP contribution is -2.21. The van der Waals surface area contributed by atoms with Gasteiger partial charge in [-0.05, 0) is 25.2 Å². The van der Waals surface area contributed by atoms with E-state index in [-0.39, 0.29) is 0 Å². The van der Waals surface area contributed by atoms with Crippen molar-refractivity contribution in [2.75, 3.05) is 0 Å². The molecule has 1 aromatic heterocycles. The van der Waals surface area contributed by atoms with Gasteiger partial charge in [-0.2, -0.15) is 0 Å². The third-order valence-corrected chi connectivity index (χ3v) is 2.28. The largest absolute Gasteiger partial charge is 0.355 e. The SMILES string of the molecule is C=Cc1[nH]c(=C)/c(=C\C=C/C)c1/C=C\C(=C)F. The van der Waals surface area contributed by atoms with Crippen molar-refractivity contribution in [2.45, 2.75) is 6.92 Å². The first-order valence-electron chi connectivity index (χ1n) is 5.29. The number of hydrogen-bond acceptors (Lipinski definition) is 0. The first kappa shape index (κ1) is 13.0. The third kappa shape index (κ3) is 3.18. The van der Waals surface area contributed by atoms with E-state index in [1.807, 2.05) is 25.2 Å². The van der Waals surface area contributed by atoms with Crippen LogP contribution in [0.15, 0.2) is 37.2 Å². The first-order chi connectivity index (χ1) is 8.10. The van der Waals surface area contributed by atoms with Crippen molar-refractivity contribution in [1.82, 2.24) is 4.98 Å². The summed E-state index contributed by atoms with van der Waals surface area (Å²) >= 11 is 0. The second kappa shape index (κ2) is 5.85. The molecule has 0 spiro atoms. The van der Waals surface area contributed by atoms with Gasteiger partial charge in [0, 0.05) is 21.8 Å². The van der Waals surface area contributed by atoms with Gasteiger partial charge in [0.2, 0.25) is 0 Å². The van der Waals surface area contributed by atoms with Gasteiger partial charge in [-0.25, -0.2) is 4.39 Å². The maximum Gasteiger partial charge on any atom is 0.116 e. The number of rotatable bonds is 4. The Hall–Kier alpha value is -2.09. The topological polar surface area (TPSA) is 15.8 Å². The van der Waals surface area contributed by atoms with Crippen molar-refractivity contribution in [3.05, 3.63) is 59.0 Å². The van der Waals surface area contributed by atoms with Gasteiger partial charge in [-0.3, -0.25) is 0 Å². The first-order valence-corrected chi connectivity index (χ1v) is 5.29. The summed E-state index contributed by atoms with van der Waals surface area (Å²) in [4.78, 5) is 3.10. The zero-order valence-corrected chi connectivity index (χ0v) is 9.96. The maximum atomic E-state index is 12.7. The Morgan fingerprint density at radius 3 is 2.65 bits per heavy atom. The Labute approximate surface area is 101 Å². The Morgan fingerprint density at radius 2 is 2.12 bits per heavy atom. The number of hydrogen-bond donors (Lipinski definition) is 1. The number of nitrogens with one attached hydrogen (secondary N) is 1. The second-order valence-electron chi connectivity index (χ2n) is 3.52. The summed E-state index contributed by atoms with van der Waals surface area (Å²) in [6.45, 7) is 12.7. The fraction of sp³-hybridized carbons (Fsp3) is 0.0667. The maximum absolute atomic E-state index is 12.7. The van der Waals surface area contributed by atoms with Crippen molar-refractivity contribution in [3.8, 4) is 0 Å². The lowest BCUT2D eigenvalue weighted by Gasteiger charge is -1.91. The molecule has 0 bridgehead atoms. The predicted octanol–water partition coefficient (Wildman–Crippen LogP) is 2.92. The molecule has 0 atom stereocenters.